The van der Waals surface area contributed by atoms with E-state index in [-0.39, 0.29) is 56.5 Å². The fourth-order valence-electron chi connectivity index (χ4n) is 3.22. The minimum atomic E-state index is -0.918. The van der Waals surface area contributed by atoms with Crippen molar-refractivity contribution in [3.8, 4) is 11.3 Å². The molecule has 0 aliphatic heterocycles. The summed E-state index contributed by atoms with van der Waals surface area (Å²) >= 11 is 1.84. The molecule has 0 bridgehead atoms. The fraction of sp³-hybridized carbons (Fsp3) is 0.125. The zero-order valence-corrected chi connectivity index (χ0v) is 23.3. The Kier molecular flexibility index (Phi) is 7.28. The molecule has 36 heavy (non-hydrogen) atoms. The maximum Gasteiger partial charge on any atom is 0.0840 e. The van der Waals surface area contributed by atoms with E-state index >= 15 is 0 Å². The Morgan fingerprint density at radius 2 is 1.83 bits per heavy atom. The second-order valence-corrected chi connectivity index (χ2v) is 8.92. The smallest absolute Gasteiger partial charge is 0.0840 e. The van der Waals surface area contributed by atoms with Crippen molar-refractivity contribution < 1.29 is 29.7 Å². The van der Waals surface area contributed by atoms with Crippen LogP contribution < -0.4 is 0 Å². The van der Waals surface area contributed by atoms with Crippen molar-refractivity contribution >= 4 is 31.5 Å². The number of pyridine rings is 2. The van der Waals surface area contributed by atoms with E-state index in [0.29, 0.717) is 16.8 Å². The first kappa shape index (κ1) is 19.0. The van der Waals surface area contributed by atoms with Gasteiger partial charge < -0.3 is 4.98 Å². The summed E-state index contributed by atoms with van der Waals surface area (Å²) < 4.78 is 54.7. The monoisotopic (exact) mass is 672 g/mol. The molecule has 0 fully saturated rings. The topological polar surface area (TPSA) is 25.8 Å². The van der Waals surface area contributed by atoms with E-state index in [9.17, 15) is 0 Å². The van der Waals surface area contributed by atoms with Gasteiger partial charge in [-0.25, -0.2) is 11.3 Å². The molecule has 2 nitrogen and oxygen atoms in total. The maximum absolute atomic E-state index is 8.00. The van der Waals surface area contributed by atoms with Crippen LogP contribution in [-0.4, -0.2) is 9.97 Å². The minimum Gasteiger partial charge on any atom is -0.304 e. The van der Waals surface area contributed by atoms with Crippen LogP contribution in [0.15, 0.2) is 109 Å². The Morgan fingerprint density at radius 1 is 0.972 bits per heavy atom. The van der Waals surface area contributed by atoms with Gasteiger partial charge in [0.25, 0.3) is 0 Å². The Labute approximate surface area is 241 Å². The number of benzene rings is 3. The third kappa shape index (κ3) is 7.41. The van der Waals surface area contributed by atoms with Gasteiger partial charge in [0.1, 0.15) is 0 Å². The van der Waals surface area contributed by atoms with Crippen molar-refractivity contribution in [1.29, 1.82) is 0 Å². The number of thiophene rings is 1. The van der Waals surface area contributed by atoms with E-state index in [0.717, 1.165) is 6.20 Å². The summed E-state index contributed by atoms with van der Waals surface area (Å²) in [6, 6.07) is 25.7. The molecule has 0 unspecified atom stereocenters. The molecular formula is C32H28IrN2S-2. The number of fused-ring (bicyclic) bond motifs is 3. The van der Waals surface area contributed by atoms with Gasteiger partial charge in [0.05, 0.1) is 8.22 Å². The molecule has 3 aromatic carbocycles. The first-order valence-electron chi connectivity index (χ1n) is 14.5. The maximum atomic E-state index is 8.00. The van der Waals surface area contributed by atoms with Crippen molar-refractivity contribution in [2.45, 2.75) is 26.7 Å². The van der Waals surface area contributed by atoms with Crippen LogP contribution in [0.1, 0.15) is 40.5 Å². The molecule has 3 aromatic heterocycles. The van der Waals surface area contributed by atoms with Gasteiger partial charge in [-0.1, -0.05) is 48.8 Å². The molecular weight excluding hydrogens is 637 g/mol. The van der Waals surface area contributed by atoms with Crippen molar-refractivity contribution in [3.63, 3.8) is 0 Å². The largest absolute Gasteiger partial charge is 0.304 e. The van der Waals surface area contributed by atoms with Crippen LogP contribution in [0.25, 0.3) is 31.4 Å². The van der Waals surface area contributed by atoms with Gasteiger partial charge in [-0.15, -0.1) is 41.3 Å². The van der Waals surface area contributed by atoms with E-state index < -0.39 is 5.89 Å². The summed E-state index contributed by atoms with van der Waals surface area (Å²) in [6.45, 7) is 5.52. The molecule has 0 atom stereocenters. The zero-order valence-electron chi connectivity index (χ0n) is 27.1. The van der Waals surface area contributed by atoms with E-state index in [1.54, 1.807) is 19.9 Å². The molecule has 0 aliphatic carbocycles. The van der Waals surface area contributed by atoms with Gasteiger partial charge >= 0.3 is 0 Å². The molecule has 6 aromatic rings. The summed E-state index contributed by atoms with van der Waals surface area (Å²) in [4.78, 5) is 7.63. The molecule has 6 rings (SSSR count). The molecule has 183 valence electrons. The molecule has 0 amide bonds. The fourth-order valence-corrected chi connectivity index (χ4v) is 4.41. The first-order valence-corrected chi connectivity index (χ1v) is 11.8. The van der Waals surface area contributed by atoms with Crippen LogP contribution in [-0.2, 0) is 20.1 Å². The first-order chi connectivity index (χ1) is 19.9. The SMILES string of the molecule is Cc1ccc2c(c1)sc1c[c-]ccc12.[2H]c1c(C([2H])(C)C)cnc(-c2[c-]cccc2)c1[2H].[2H]c1cnc([2H])c([2H])c1[2H].[Ir]. The summed E-state index contributed by atoms with van der Waals surface area (Å²) in [7, 11) is 0. The van der Waals surface area contributed by atoms with E-state index in [4.69, 9.17) is 9.60 Å². The Bertz CT molecular complexity index is 1830. The third-order valence-corrected chi connectivity index (χ3v) is 6.11. The standard InChI is InChI=1S/C14H14N.C13H9S.C5H5N.Ir/c1-11(2)13-8-9-14(15-10-13)12-6-4-3-5-7-12;1-9-6-7-11-10-4-2-3-5-12(10)14-13(11)8-9;1-2-4-6-5-3-1;/h3-6,8-11H,1-2H3;2,4-8H,1H3;1-5H;/q2*-1;;/i8D,9D,11D;;1D,2D,3D,4D;. The predicted molar refractivity (Wildman–Crippen MR) is 150 cm³/mol. The van der Waals surface area contributed by atoms with Gasteiger partial charge in [-0.3, -0.25) is 4.98 Å². The van der Waals surface area contributed by atoms with Crippen LogP contribution in [0.5, 0.6) is 0 Å². The van der Waals surface area contributed by atoms with Crippen LogP contribution in [0.3, 0.4) is 0 Å². The molecule has 1 radical (unpaired) electrons. The molecule has 3 heterocycles. The van der Waals surface area contributed by atoms with Gasteiger partial charge in [-0.2, -0.15) is 24.3 Å². The number of rotatable bonds is 2. The summed E-state index contributed by atoms with van der Waals surface area (Å²) in [5.74, 6) is -0.918. The van der Waals surface area contributed by atoms with Crippen molar-refractivity contribution in [3.05, 3.63) is 133 Å². The number of aryl methyl sites for hydroxylation is 1. The predicted octanol–water partition coefficient (Wildman–Crippen LogP) is 8.91. The van der Waals surface area contributed by atoms with Gasteiger partial charge in [-0.05, 0) is 53.2 Å². The zero-order chi connectivity index (χ0) is 30.6. The Morgan fingerprint density at radius 3 is 2.61 bits per heavy atom. The number of nitrogens with zero attached hydrogens (tertiary/aromatic N) is 2. The van der Waals surface area contributed by atoms with Gasteiger partial charge in [0.15, 0.2) is 0 Å². The number of hydrogen-bond donors (Lipinski definition) is 0. The summed E-state index contributed by atoms with van der Waals surface area (Å²) in [6.07, 6.45) is 2.37. The molecule has 0 saturated carbocycles. The Hall–Kier alpha value is -3.17. The normalized spacial score (nSPS) is 13.1. The van der Waals surface area contributed by atoms with E-state index in [1.807, 2.05) is 35.6 Å². The molecule has 0 aliphatic rings. The van der Waals surface area contributed by atoms with Crippen molar-refractivity contribution in [2.75, 3.05) is 0 Å². The van der Waals surface area contributed by atoms with Crippen molar-refractivity contribution in [1.82, 2.24) is 9.97 Å². The second kappa shape index (κ2) is 13.8. The van der Waals surface area contributed by atoms with Gasteiger partial charge in [0.2, 0.25) is 0 Å². The average molecular weight is 672 g/mol. The second-order valence-electron chi connectivity index (χ2n) is 7.84. The summed E-state index contributed by atoms with van der Waals surface area (Å²) in [5.41, 5.74) is 2.93. The van der Waals surface area contributed by atoms with Crippen LogP contribution >= 0.6 is 11.3 Å². The quantitative estimate of drug-likeness (QED) is 0.172. The van der Waals surface area contributed by atoms with Crippen LogP contribution in [0, 0.1) is 19.1 Å². The van der Waals surface area contributed by atoms with Crippen molar-refractivity contribution in [2.24, 2.45) is 0 Å². The number of aromatic nitrogens is 2. The average Bonchev–Trinajstić information content (AvgIpc) is 3.33. The molecule has 0 saturated heterocycles. The van der Waals surface area contributed by atoms with E-state index in [1.165, 1.54) is 31.9 Å². The molecule has 0 N–H and O–H groups in total. The number of hydrogen-bond acceptors (Lipinski definition) is 3. The summed E-state index contributed by atoms with van der Waals surface area (Å²) in [5, 5.41) is 2.72. The molecule has 0 spiro atoms. The Balaban J connectivity index is 0.000000182. The van der Waals surface area contributed by atoms with E-state index in [2.05, 4.69) is 59.4 Å². The van der Waals surface area contributed by atoms with Crippen LogP contribution in [0.4, 0.5) is 0 Å². The van der Waals surface area contributed by atoms with Gasteiger partial charge in [0, 0.05) is 44.7 Å². The minimum absolute atomic E-state index is 0. The third-order valence-electron chi connectivity index (χ3n) is 5.00. The molecule has 4 heteroatoms. The van der Waals surface area contributed by atoms with Crippen LogP contribution in [0.2, 0.25) is 0 Å².